The van der Waals surface area contributed by atoms with Gasteiger partial charge in [-0.05, 0) is 118 Å². The first-order chi connectivity index (χ1) is 16.8. The average molecular weight is 460 g/mol. The van der Waals surface area contributed by atoms with E-state index in [2.05, 4.69) is 95.0 Å². The van der Waals surface area contributed by atoms with Crippen molar-refractivity contribution in [1.82, 2.24) is 5.32 Å². The van der Waals surface area contributed by atoms with Crippen LogP contribution in [-0.2, 0) is 19.3 Å². The van der Waals surface area contributed by atoms with Crippen molar-refractivity contribution >= 4 is 29.6 Å². The first-order valence-electron chi connectivity index (χ1n) is 12.3. The van der Waals surface area contributed by atoms with Gasteiger partial charge in [-0.2, -0.15) is 11.3 Å². The zero-order chi connectivity index (χ0) is 22.7. The zero-order valence-electron chi connectivity index (χ0n) is 19.4. The molecule has 0 radical (unpaired) electrons. The van der Waals surface area contributed by atoms with Crippen molar-refractivity contribution < 1.29 is 0 Å². The summed E-state index contributed by atoms with van der Waals surface area (Å²) in [7, 11) is 0. The summed E-state index contributed by atoms with van der Waals surface area (Å²) in [6, 6.07) is 13.6. The highest BCUT2D eigenvalue weighted by molar-refractivity contribution is 7.08. The van der Waals surface area contributed by atoms with Crippen molar-refractivity contribution in [2.75, 3.05) is 0 Å². The molecule has 5 aliphatic rings. The highest BCUT2D eigenvalue weighted by Crippen LogP contribution is 2.39. The number of hydrogen-bond acceptors (Lipinski definition) is 2. The molecule has 0 saturated carbocycles. The maximum absolute atomic E-state index is 3.20. The van der Waals surface area contributed by atoms with E-state index in [4.69, 9.17) is 0 Å². The lowest BCUT2D eigenvalue weighted by Gasteiger charge is -2.26. The fraction of sp³-hybridized carbons (Fsp3) is 0.188. The second-order valence-electron chi connectivity index (χ2n) is 9.28. The van der Waals surface area contributed by atoms with Gasteiger partial charge in [0.2, 0.25) is 0 Å². The Kier molecular flexibility index (Phi) is 5.91. The third-order valence-electron chi connectivity index (χ3n) is 7.20. The third-order valence-corrected chi connectivity index (χ3v) is 7.90. The first kappa shape index (κ1) is 21.2. The fourth-order valence-corrected chi connectivity index (χ4v) is 6.03. The van der Waals surface area contributed by atoms with E-state index in [9.17, 15) is 0 Å². The van der Waals surface area contributed by atoms with Crippen LogP contribution in [0.25, 0.3) is 29.4 Å². The zero-order valence-corrected chi connectivity index (χ0v) is 20.2. The van der Waals surface area contributed by atoms with Gasteiger partial charge in [-0.1, -0.05) is 60.7 Å². The molecule has 3 aliphatic carbocycles. The van der Waals surface area contributed by atoms with E-state index in [1.165, 1.54) is 76.8 Å². The van der Waals surface area contributed by atoms with Crippen molar-refractivity contribution in [3.8, 4) is 11.1 Å². The quantitative estimate of drug-likeness (QED) is 0.406. The van der Waals surface area contributed by atoms with Crippen LogP contribution < -0.4 is 5.32 Å². The Morgan fingerprint density at radius 3 is 2.59 bits per heavy atom. The predicted molar refractivity (Wildman–Crippen MR) is 148 cm³/mol. The standard InChI is InChI=1S/C24H20S.C8H9N/c1-2-6-20-18(4-1)10-11-24-22-7-3-5-19(21(22)12-13-23(20)24)9-8-17-14-15-25-16-17;1-3-8-4-2-7(1)5-6-9-8/h1,3-5,7-11,14-16H,2,6,12-13H2;1,3,5-6,9H,2,4H2/b9-8+;. The third kappa shape index (κ3) is 4.26. The molecule has 2 heteroatoms. The van der Waals surface area contributed by atoms with Crippen LogP contribution in [0.5, 0.6) is 0 Å². The molecule has 0 atom stereocenters. The number of rotatable bonds is 2. The Hall–Kier alpha value is -3.36. The fourth-order valence-electron chi connectivity index (χ4n) is 5.40. The minimum Gasteiger partial charge on any atom is -0.365 e. The maximum Gasteiger partial charge on any atom is 0.0150 e. The number of hydrogen-bond donors (Lipinski definition) is 1. The van der Waals surface area contributed by atoms with Crippen molar-refractivity contribution in [2.24, 2.45) is 0 Å². The van der Waals surface area contributed by atoms with E-state index in [1.54, 1.807) is 22.5 Å². The molecule has 0 saturated heterocycles. The Bertz CT molecular complexity index is 1360. The van der Waals surface area contributed by atoms with E-state index >= 15 is 0 Å². The van der Waals surface area contributed by atoms with Crippen LogP contribution in [-0.4, -0.2) is 0 Å². The van der Waals surface area contributed by atoms with Gasteiger partial charge in [-0.25, -0.2) is 0 Å². The highest BCUT2D eigenvalue weighted by atomic mass is 32.1. The molecular weight excluding hydrogens is 430 g/mol. The predicted octanol–water partition coefficient (Wildman–Crippen LogP) is 8.35. The second-order valence-corrected chi connectivity index (χ2v) is 10.1. The molecule has 2 aliphatic heterocycles. The minimum absolute atomic E-state index is 1.15. The second kappa shape index (κ2) is 9.48. The monoisotopic (exact) mass is 459 g/mol. The minimum atomic E-state index is 1.15. The summed E-state index contributed by atoms with van der Waals surface area (Å²) in [4.78, 5) is 0. The van der Waals surface area contributed by atoms with Gasteiger partial charge in [0, 0.05) is 11.9 Å². The molecule has 3 heterocycles. The molecule has 8 rings (SSSR count). The number of thiophene rings is 1. The summed E-state index contributed by atoms with van der Waals surface area (Å²) in [5.41, 5.74) is 14.4. The molecule has 2 bridgehead atoms. The molecular formula is C32H29NS. The topological polar surface area (TPSA) is 12.0 Å². The SMILES string of the molecule is C1=CC2=CC=C(CC2)N1.C1=Cc2ccc3c(c2CC1)CCc1c(/C=C/c2ccsc2)cccc1-3. The van der Waals surface area contributed by atoms with Gasteiger partial charge in [0.25, 0.3) is 0 Å². The summed E-state index contributed by atoms with van der Waals surface area (Å²) in [5.74, 6) is 0. The lowest BCUT2D eigenvalue weighted by Crippen LogP contribution is -2.10. The first-order valence-corrected chi connectivity index (χ1v) is 13.3. The molecule has 1 nitrogen and oxygen atoms in total. The molecule has 0 unspecified atom stereocenters. The summed E-state index contributed by atoms with van der Waals surface area (Å²) >= 11 is 1.75. The van der Waals surface area contributed by atoms with Crippen molar-refractivity contribution in [3.63, 3.8) is 0 Å². The van der Waals surface area contributed by atoms with E-state index < -0.39 is 0 Å². The number of fused-ring (bicyclic) bond motifs is 8. The molecule has 0 spiro atoms. The lowest BCUT2D eigenvalue weighted by molar-refractivity contribution is 0.874. The largest absolute Gasteiger partial charge is 0.365 e. The highest BCUT2D eigenvalue weighted by Gasteiger charge is 2.22. The van der Waals surface area contributed by atoms with Crippen LogP contribution in [0.15, 0.2) is 88.9 Å². The summed E-state index contributed by atoms with van der Waals surface area (Å²) in [6.45, 7) is 0. The average Bonchev–Trinajstić information content (AvgIpc) is 3.20. The Balaban J connectivity index is 0.000000202. The van der Waals surface area contributed by atoms with Gasteiger partial charge in [-0.3, -0.25) is 0 Å². The lowest BCUT2D eigenvalue weighted by atomic mass is 9.78. The smallest absolute Gasteiger partial charge is 0.0150 e. The Labute approximate surface area is 206 Å². The molecule has 0 fully saturated rings. The van der Waals surface area contributed by atoms with Crippen molar-refractivity contribution in [1.29, 1.82) is 0 Å². The van der Waals surface area contributed by atoms with Gasteiger partial charge < -0.3 is 5.32 Å². The number of benzene rings is 2. The van der Waals surface area contributed by atoms with Crippen LogP contribution in [0.2, 0.25) is 0 Å². The molecule has 34 heavy (non-hydrogen) atoms. The molecule has 0 amide bonds. The normalized spacial score (nSPS) is 16.9. The van der Waals surface area contributed by atoms with E-state index in [0.29, 0.717) is 0 Å². The molecule has 1 N–H and O–H groups in total. The van der Waals surface area contributed by atoms with Gasteiger partial charge >= 0.3 is 0 Å². The Morgan fingerprint density at radius 2 is 1.71 bits per heavy atom. The van der Waals surface area contributed by atoms with Crippen LogP contribution in [0, 0.1) is 0 Å². The van der Waals surface area contributed by atoms with E-state index in [1.807, 2.05) is 6.20 Å². The van der Waals surface area contributed by atoms with Gasteiger partial charge in [-0.15, -0.1) is 0 Å². The molecule has 168 valence electrons. The summed E-state index contributed by atoms with van der Waals surface area (Å²) in [5, 5.41) is 7.53. The number of nitrogens with one attached hydrogen (secondary N) is 1. The van der Waals surface area contributed by atoms with Crippen molar-refractivity contribution in [3.05, 3.63) is 122 Å². The van der Waals surface area contributed by atoms with Crippen molar-refractivity contribution in [2.45, 2.75) is 38.5 Å². The molecule has 1 aromatic heterocycles. The van der Waals surface area contributed by atoms with Gasteiger partial charge in [0.15, 0.2) is 0 Å². The number of allylic oxidation sites excluding steroid dienone is 6. The van der Waals surface area contributed by atoms with Crippen LogP contribution in [0.4, 0.5) is 0 Å². The van der Waals surface area contributed by atoms with E-state index in [-0.39, 0.29) is 0 Å². The van der Waals surface area contributed by atoms with Crippen LogP contribution in [0.3, 0.4) is 0 Å². The Morgan fingerprint density at radius 1 is 0.765 bits per heavy atom. The summed E-state index contributed by atoms with van der Waals surface area (Å²) < 4.78 is 0. The van der Waals surface area contributed by atoms with Crippen LogP contribution in [0.1, 0.15) is 52.6 Å². The molecule has 2 aromatic carbocycles. The van der Waals surface area contributed by atoms with E-state index in [0.717, 1.165) is 6.42 Å². The van der Waals surface area contributed by atoms with Gasteiger partial charge in [0.05, 0.1) is 0 Å². The van der Waals surface area contributed by atoms with Crippen LogP contribution >= 0.6 is 11.3 Å². The van der Waals surface area contributed by atoms with Gasteiger partial charge in [0.1, 0.15) is 0 Å². The summed E-state index contributed by atoms with van der Waals surface area (Å²) in [6.07, 6.45) is 24.7. The molecule has 3 aromatic rings. The maximum atomic E-state index is 3.20.